The molecule has 5 heteroatoms. The lowest BCUT2D eigenvalue weighted by Crippen LogP contribution is -2.14. The normalized spacial score (nSPS) is 12.9. The smallest absolute Gasteiger partial charge is 0.165 e. The summed E-state index contributed by atoms with van der Waals surface area (Å²) >= 11 is 1.78. The van der Waals surface area contributed by atoms with Crippen molar-refractivity contribution in [3.05, 3.63) is 211 Å². The van der Waals surface area contributed by atoms with Gasteiger partial charge in [0.05, 0.1) is 0 Å². The van der Waals surface area contributed by atoms with Crippen LogP contribution in [0.25, 0.3) is 121 Å². The van der Waals surface area contributed by atoms with Crippen molar-refractivity contribution in [2.75, 3.05) is 0 Å². The van der Waals surface area contributed by atoms with Crippen molar-refractivity contribution in [3.8, 4) is 78.7 Å². The maximum atomic E-state index is 6.57. The molecule has 306 valence electrons. The highest BCUT2D eigenvalue weighted by Gasteiger charge is 2.35. The van der Waals surface area contributed by atoms with Crippen LogP contribution >= 0.6 is 11.3 Å². The SMILES string of the molecule is CC1(C)c2ccccc2-c2cc(-c3ccc(-c4ccc5oc6cccc(-c7nc(-c8cccc(-c9ccccc9)c8)nc(-c8cccc9c8sc8ccccc89)n7)c6c5c4)cc3)ccc21. The molecule has 3 aromatic heterocycles. The molecule has 65 heavy (non-hydrogen) atoms. The summed E-state index contributed by atoms with van der Waals surface area (Å²) in [4.78, 5) is 15.9. The number of thiophene rings is 1. The van der Waals surface area contributed by atoms with E-state index in [0.29, 0.717) is 17.5 Å². The Balaban J connectivity index is 0.938. The van der Waals surface area contributed by atoms with E-state index in [-0.39, 0.29) is 5.41 Å². The molecule has 13 rings (SSSR count). The third kappa shape index (κ3) is 6.07. The Labute approximate surface area is 380 Å². The standard InChI is InChI=1S/C60H39N3OS/c1-60(2)50-22-8-6-17-43(50)48-34-40(29-31-51(48)60)37-25-27-38(28-26-37)41-30-32-52-49(35-41)55-46(20-12-23-53(55)64-52)58-61-57(42-16-10-15-39(33-42)36-13-4-3-5-14-36)62-59(63-58)47-21-11-19-45-44-18-7-9-24-54(44)65-56(45)47/h3-35H,1-2H3. The van der Waals surface area contributed by atoms with Gasteiger partial charge in [-0.25, -0.2) is 15.0 Å². The first-order chi connectivity index (χ1) is 31.9. The van der Waals surface area contributed by atoms with Gasteiger partial charge in [-0.1, -0.05) is 172 Å². The molecule has 0 saturated heterocycles. The first kappa shape index (κ1) is 37.6. The van der Waals surface area contributed by atoms with Crippen molar-refractivity contribution in [2.45, 2.75) is 19.3 Å². The predicted octanol–water partition coefficient (Wildman–Crippen LogP) is 16.4. The molecule has 3 heterocycles. The summed E-state index contributed by atoms with van der Waals surface area (Å²) in [6, 6.07) is 71.3. The summed E-state index contributed by atoms with van der Waals surface area (Å²) < 4.78 is 8.97. The molecule has 1 aliphatic carbocycles. The molecule has 0 aliphatic heterocycles. The molecular weight excluding hydrogens is 811 g/mol. The second-order valence-corrected chi connectivity index (χ2v) is 18.6. The highest BCUT2D eigenvalue weighted by atomic mass is 32.1. The zero-order valence-corrected chi connectivity index (χ0v) is 36.5. The number of benzene rings is 9. The van der Waals surface area contributed by atoms with Crippen molar-refractivity contribution in [3.63, 3.8) is 0 Å². The Morgan fingerprint density at radius 3 is 1.80 bits per heavy atom. The highest BCUT2D eigenvalue weighted by molar-refractivity contribution is 7.26. The van der Waals surface area contributed by atoms with Crippen molar-refractivity contribution in [1.82, 2.24) is 15.0 Å². The Morgan fingerprint density at radius 2 is 0.938 bits per heavy atom. The van der Waals surface area contributed by atoms with Crippen LogP contribution in [-0.2, 0) is 5.41 Å². The van der Waals surface area contributed by atoms with Crippen LogP contribution < -0.4 is 0 Å². The van der Waals surface area contributed by atoms with E-state index in [0.717, 1.165) is 65.6 Å². The molecule has 0 unspecified atom stereocenters. The third-order valence-electron chi connectivity index (χ3n) is 13.4. The van der Waals surface area contributed by atoms with E-state index >= 15 is 0 Å². The zero-order chi connectivity index (χ0) is 43.2. The van der Waals surface area contributed by atoms with Gasteiger partial charge in [-0.15, -0.1) is 11.3 Å². The summed E-state index contributed by atoms with van der Waals surface area (Å²) in [5.41, 5.74) is 16.7. The van der Waals surface area contributed by atoms with Gasteiger partial charge in [0.25, 0.3) is 0 Å². The lowest BCUT2D eigenvalue weighted by Gasteiger charge is -2.21. The maximum Gasteiger partial charge on any atom is 0.165 e. The van der Waals surface area contributed by atoms with Crippen LogP contribution in [0.5, 0.6) is 0 Å². The molecule has 0 N–H and O–H groups in total. The molecule has 0 amide bonds. The average Bonchev–Trinajstić information content (AvgIpc) is 4.01. The summed E-state index contributed by atoms with van der Waals surface area (Å²) in [5.74, 6) is 1.84. The van der Waals surface area contributed by atoms with Crippen molar-refractivity contribution < 1.29 is 4.42 Å². The van der Waals surface area contributed by atoms with Gasteiger partial charge in [0.2, 0.25) is 0 Å². The van der Waals surface area contributed by atoms with Crippen molar-refractivity contribution >= 4 is 53.4 Å². The molecule has 12 aromatic rings. The van der Waals surface area contributed by atoms with Gasteiger partial charge in [0.15, 0.2) is 17.5 Å². The van der Waals surface area contributed by atoms with E-state index in [1.54, 1.807) is 11.3 Å². The van der Waals surface area contributed by atoms with Gasteiger partial charge < -0.3 is 4.42 Å². The Morgan fingerprint density at radius 1 is 0.369 bits per heavy atom. The van der Waals surface area contributed by atoms with Crippen molar-refractivity contribution in [1.29, 1.82) is 0 Å². The third-order valence-corrected chi connectivity index (χ3v) is 14.6. The first-order valence-corrected chi connectivity index (χ1v) is 22.9. The molecular formula is C60H39N3OS. The molecule has 0 bridgehead atoms. The van der Waals surface area contributed by atoms with E-state index in [4.69, 9.17) is 19.4 Å². The van der Waals surface area contributed by atoms with Crippen LogP contribution in [0.3, 0.4) is 0 Å². The molecule has 4 nitrogen and oxygen atoms in total. The van der Waals surface area contributed by atoms with Gasteiger partial charge in [-0.3, -0.25) is 0 Å². The maximum absolute atomic E-state index is 6.57. The first-order valence-electron chi connectivity index (χ1n) is 22.1. The average molecular weight is 850 g/mol. The topological polar surface area (TPSA) is 51.8 Å². The van der Waals surface area contributed by atoms with Crippen LogP contribution in [0.1, 0.15) is 25.0 Å². The van der Waals surface area contributed by atoms with Gasteiger partial charge in [-0.2, -0.15) is 0 Å². The largest absolute Gasteiger partial charge is 0.456 e. The molecule has 0 radical (unpaired) electrons. The number of nitrogens with zero attached hydrogens (tertiary/aromatic N) is 3. The fourth-order valence-corrected chi connectivity index (χ4v) is 11.3. The van der Waals surface area contributed by atoms with Crippen LogP contribution in [0.15, 0.2) is 205 Å². The Bertz CT molecular complexity index is 3860. The molecule has 0 fully saturated rings. The number of hydrogen-bond donors (Lipinski definition) is 0. The fourth-order valence-electron chi connectivity index (χ4n) is 10.1. The van der Waals surface area contributed by atoms with E-state index in [9.17, 15) is 0 Å². The number of aromatic nitrogens is 3. The number of hydrogen-bond acceptors (Lipinski definition) is 5. The monoisotopic (exact) mass is 849 g/mol. The number of furan rings is 1. The van der Waals surface area contributed by atoms with Gasteiger partial charge in [0.1, 0.15) is 11.2 Å². The van der Waals surface area contributed by atoms with Gasteiger partial charge in [0, 0.05) is 53.1 Å². The van der Waals surface area contributed by atoms with E-state index in [1.165, 1.54) is 48.9 Å². The quantitative estimate of drug-likeness (QED) is 0.167. The molecule has 0 spiro atoms. The minimum absolute atomic E-state index is 0.0129. The van der Waals surface area contributed by atoms with Gasteiger partial charge >= 0.3 is 0 Å². The molecule has 9 aromatic carbocycles. The molecule has 1 aliphatic rings. The van der Waals surface area contributed by atoms with E-state index in [1.807, 2.05) is 18.2 Å². The second-order valence-electron chi connectivity index (χ2n) is 17.5. The lowest BCUT2D eigenvalue weighted by atomic mass is 9.82. The minimum atomic E-state index is -0.0129. The lowest BCUT2D eigenvalue weighted by molar-refractivity contribution is 0.660. The second kappa shape index (κ2) is 14.5. The van der Waals surface area contributed by atoms with Gasteiger partial charge in [-0.05, 0) is 98.1 Å². The summed E-state index contributed by atoms with van der Waals surface area (Å²) in [7, 11) is 0. The summed E-state index contributed by atoms with van der Waals surface area (Å²) in [6.07, 6.45) is 0. The summed E-state index contributed by atoms with van der Waals surface area (Å²) in [6.45, 7) is 4.65. The fraction of sp³-hybridized carbons (Fsp3) is 0.0500. The Kier molecular flexibility index (Phi) is 8.39. The number of fused-ring (bicyclic) bond motifs is 9. The molecule has 0 atom stereocenters. The highest BCUT2D eigenvalue weighted by Crippen LogP contribution is 2.50. The molecule has 0 saturated carbocycles. The predicted molar refractivity (Wildman–Crippen MR) is 270 cm³/mol. The van der Waals surface area contributed by atoms with Crippen LogP contribution in [0.4, 0.5) is 0 Å². The van der Waals surface area contributed by atoms with Crippen LogP contribution in [0.2, 0.25) is 0 Å². The Hall–Kier alpha value is -7.99. The summed E-state index contributed by atoms with van der Waals surface area (Å²) in [5, 5.41) is 4.42. The minimum Gasteiger partial charge on any atom is -0.456 e. The van der Waals surface area contributed by atoms with Crippen LogP contribution in [-0.4, -0.2) is 15.0 Å². The van der Waals surface area contributed by atoms with E-state index in [2.05, 4.69) is 196 Å². The van der Waals surface area contributed by atoms with Crippen molar-refractivity contribution in [2.24, 2.45) is 0 Å². The van der Waals surface area contributed by atoms with E-state index < -0.39 is 0 Å². The zero-order valence-electron chi connectivity index (χ0n) is 35.7. The number of rotatable bonds is 6. The van der Waals surface area contributed by atoms with Crippen LogP contribution in [0, 0.1) is 0 Å².